The van der Waals surface area contributed by atoms with Crippen molar-refractivity contribution in [2.24, 2.45) is 0 Å². The van der Waals surface area contributed by atoms with Gasteiger partial charge in [-0.05, 0) is 35.2 Å². The summed E-state index contributed by atoms with van der Waals surface area (Å²) in [5.74, 6) is 0. The standard InChI is InChI=1S/C26H29N5O3/c32-24(17-29-10-9-19-3-1-2-4-22(19)15-29)18-31-12-11-30(26(31)34)16-23-7-5-20(13-27-23)21-6-8-25(33)28-14-21/h1-8,13-14,24,32H,9-12,15-18H2,(H,28,33)/t24-/m1/s1. The summed E-state index contributed by atoms with van der Waals surface area (Å²) in [4.78, 5) is 37.1. The zero-order valence-corrected chi connectivity index (χ0v) is 19.1. The van der Waals surface area contributed by atoms with Gasteiger partial charge in [0.2, 0.25) is 5.56 Å². The van der Waals surface area contributed by atoms with E-state index in [1.54, 1.807) is 28.3 Å². The van der Waals surface area contributed by atoms with Crippen LogP contribution < -0.4 is 5.56 Å². The number of hydrogen-bond acceptors (Lipinski definition) is 5. The molecule has 1 aromatic carbocycles. The van der Waals surface area contributed by atoms with E-state index in [0.29, 0.717) is 32.7 Å². The third-order valence-corrected chi connectivity index (χ3v) is 6.59. The first kappa shape index (κ1) is 22.3. The first-order valence-electron chi connectivity index (χ1n) is 11.7. The second-order valence-electron chi connectivity index (χ2n) is 9.04. The van der Waals surface area contributed by atoms with Crippen LogP contribution in [0.5, 0.6) is 0 Å². The second-order valence-corrected chi connectivity index (χ2v) is 9.04. The number of carbonyl (C=O) groups excluding carboxylic acids is 1. The molecule has 1 saturated heterocycles. The Morgan fingerprint density at radius 3 is 2.47 bits per heavy atom. The van der Waals surface area contributed by atoms with Crippen molar-refractivity contribution in [3.05, 3.63) is 88.1 Å². The van der Waals surface area contributed by atoms with E-state index in [2.05, 4.69) is 39.1 Å². The quantitative estimate of drug-likeness (QED) is 0.565. The Morgan fingerprint density at radius 2 is 1.71 bits per heavy atom. The van der Waals surface area contributed by atoms with Gasteiger partial charge in [-0.2, -0.15) is 0 Å². The maximum Gasteiger partial charge on any atom is 0.320 e. The minimum Gasteiger partial charge on any atom is -0.390 e. The van der Waals surface area contributed by atoms with Gasteiger partial charge in [-0.15, -0.1) is 0 Å². The number of aliphatic hydroxyl groups excluding tert-OH is 1. The zero-order valence-electron chi connectivity index (χ0n) is 19.1. The maximum atomic E-state index is 12.9. The van der Waals surface area contributed by atoms with Crippen LogP contribution >= 0.6 is 0 Å². The molecule has 2 aliphatic rings. The molecule has 0 saturated carbocycles. The van der Waals surface area contributed by atoms with Crippen LogP contribution in [0.25, 0.3) is 11.1 Å². The summed E-state index contributed by atoms with van der Waals surface area (Å²) in [6.07, 6.45) is 3.83. The van der Waals surface area contributed by atoms with Crippen molar-refractivity contribution in [2.45, 2.75) is 25.6 Å². The minimum absolute atomic E-state index is 0.0606. The number of nitrogens with zero attached hydrogens (tertiary/aromatic N) is 4. The van der Waals surface area contributed by atoms with Crippen molar-refractivity contribution in [3.63, 3.8) is 0 Å². The van der Waals surface area contributed by atoms with E-state index in [9.17, 15) is 14.7 Å². The number of H-pyrrole nitrogens is 1. The molecule has 2 aromatic heterocycles. The smallest absolute Gasteiger partial charge is 0.320 e. The molecule has 0 radical (unpaired) electrons. The van der Waals surface area contributed by atoms with Gasteiger partial charge in [0, 0.05) is 63.3 Å². The summed E-state index contributed by atoms with van der Waals surface area (Å²) in [7, 11) is 0. The van der Waals surface area contributed by atoms with E-state index in [1.165, 1.54) is 17.2 Å². The number of pyridine rings is 2. The Morgan fingerprint density at radius 1 is 0.912 bits per heavy atom. The van der Waals surface area contributed by atoms with E-state index in [1.807, 2.05) is 12.1 Å². The van der Waals surface area contributed by atoms with Gasteiger partial charge in [0.15, 0.2) is 0 Å². The summed E-state index contributed by atoms with van der Waals surface area (Å²) in [5, 5.41) is 10.7. The molecular weight excluding hydrogens is 430 g/mol. The SMILES string of the molecule is O=C1N(Cc2ccc(-c3ccc(=O)[nH]c3)cn2)CCN1C[C@H](O)CN1CCc2ccccc2C1. The number of nitrogens with one attached hydrogen (secondary N) is 1. The van der Waals surface area contributed by atoms with Crippen LogP contribution in [-0.4, -0.2) is 74.6 Å². The van der Waals surface area contributed by atoms with Crippen molar-refractivity contribution in [1.82, 2.24) is 24.7 Å². The van der Waals surface area contributed by atoms with Crippen molar-refractivity contribution < 1.29 is 9.90 Å². The largest absolute Gasteiger partial charge is 0.390 e. The molecule has 8 heteroatoms. The Balaban J connectivity index is 1.12. The number of hydrogen-bond donors (Lipinski definition) is 2. The molecule has 8 nitrogen and oxygen atoms in total. The molecule has 2 N–H and O–H groups in total. The minimum atomic E-state index is -0.580. The third-order valence-electron chi connectivity index (χ3n) is 6.59. The van der Waals surface area contributed by atoms with Gasteiger partial charge in [-0.3, -0.25) is 14.7 Å². The molecule has 1 fully saturated rings. The van der Waals surface area contributed by atoms with Crippen LogP contribution in [-0.2, 0) is 19.5 Å². The molecule has 1 atom stereocenters. The summed E-state index contributed by atoms with van der Waals surface area (Å²) < 4.78 is 0. The average Bonchev–Trinajstić information content (AvgIpc) is 3.18. The molecule has 34 heavy (non-hydrogen) atoms. The molecule has 5 rings (SSSR count). The molecule has 2 amide bonds. The van der Waals surface area contributed by atoms with Gasteiger partial charge in [-0.1, -0.05) is 30.3 Å². The van der Waals surface area contributed by atoms with Crippen LogP contribution in [0.4, 0.5) is 4.79 Å². The monoisotopic (exact) mass is 459 g/mol. The Hall–Kier alpha value is -3.49. The Labute approximate surface area is 198 Å². The summed E-state index contributed by atoms with van der Waals surface area (Å²) >= 11 is 0. The van der Waals surface area contributed by atoms with Gasteiger partial charge >= 0.3 is 6.03 Å². The highest BCUT2D eigenvalue weighted by Gasteiger charge is 2.30. The number of aliphatic hydroxyl groups is 1. The maximum absolute atomic E-state index is 12.9. The van der Waals surface area contributed by atoms with E-state index in [4.69, 9.17) is 0 Å². The van der Waals surface area contributed by atoms with Crippen LogP contribution in [0.1, 0.15) is 16.8 Å². The lowest BCUT2D eigenvalue weighted by atomic mass is 10.00. The topological polar surface area (TPSA) is 92.8 Å². The Bertz CT molecular complexity index is 1190. The number of amides is 2. The van der Waals surface area contributed by atoms with E-state index in [0.717, 1.165) is 36.3 Å². The van der Waals surface area contributed by atoms with Gasteiger partial charge < -0.3 is 19.9 Å². The number of urea groups is 1. The average molecular weight is 460 g/mol. The van der Waals surface area contributed by atoms with E-state index in [-0.39, 0.29) is 11.6 Å². The number of aromatic amines is 1. The number of β-amino-alcohol motifs (C(OH)–C–C–N with tert-alkyl or cyclic N) is 1. The Kier molecular flexibility index (Phi) is 6.42. The van der Waals surface area contributed by atoms with Gasteiger partial charge in [-0.25, -0.2) is 4.79 Å². The molecule has 0 aliphatic carbocycles. The summed E-state index contributed by atoms with van der Waals surface area (Å²) in [5.41, 5.74) is 5.15. The normalized spacial score (nSPS) is 17.1. The fraction of sp³-hybridized carbons (Fsp3) is 0.346. The highest BCUT2D eigenvalue weighted by Crippen LogP contribution is 2.20. The zero-order chi connectivity index (χ0) is 23.5. The first-order chi connectivity index (χ1) is 16.5. The lowest BCUT2D eigenvalue weighted by Gasteiger charge is -2.31. The lowest BCUT2D eigenvalue weighted by Crippen LogP contribution is -2.43. The summed E-state index contributed by atoms with van der Waals surface area (Å²) in [6, 6.07) is 15.5. The van der Waals surface area contributed by atoms with Crippen LogP contribution in [0.2, 0.25) is 0 Å². The number of carbonyl (C=O) groups is 1. The number of rotatable bonds is 7. The number of aromatic nitrogens is 2. The molecule has 176 valence electrons. The van der Waals surface area contributed by atoms with Gasteiger partial charge in [0.1, 0.15) is 0 Å². The molecule has 3 aromatic rings. The molecule has 4 heterocycles. The second kappa shape index (κ2) is 9.79. The fourth-order valence-electron chi connectivity index (χ4n) is 4.74. The highest BCUT2D eigenvalue weighted by molar-refractivity contribution is 5.76. The van der Waals surface area contributed by atoms with Crippen molar-refractivity contribution >= 4 is 6.03 Å². The lowest BCUT2D eigenvalue weighted by molar-refractivity contribution is 0.0812. The number of fused-ring (bicyclic) bond motifs is 1. The molecule has 0 bridgehead atoms. The predicted octanol–water partition coefficient (Wildman–Crippen LogP) is 2.09. The fourth-order valence-corrected chi connectivity index (χ4v) is 4.74. The third kappa shape index (κ3) is 5.03. The van der Waals surface area contributed by atoms with Crippen molar-refractivity contribution in [3.8, 4) is 11.1 Å². The predicted molar refractivity (Wildman–Crippen MR) is 129 cm³/mol. The summed E-state index contributed by atoms with van der Waals surface area (Å²) in [6.45, 7) is 4.32. The molecule has 0 spiro atoms. The molecule has 2 aliphatic heterocycles. The van der Waals surface area contributed by atoms with Gasteiger partial charge in [0.25, 0.3) is 0 Å². The van der Waals surface area contributed by atoms with Crippen molar-refractivity contribution in [2.75, 3.05) is 32.7 Å². The number of benzene rings is 1. The molecular formula is C26H29N5O3. The van der Waals surface area contributed by atoms with Crippen LogP contribution in [0, 0.1) is 0 Å². The van der Waals surface area contributed by atoms with Gasteiger partial charge in [0.05, 0.1) is 18.3 Å². The first-order valence-corrected chi connectivity index (χ1v) is 11.7. The van der Waals surface area contributed by atoms with Crippen LogP contribution in [0.3, 0.4) is 0 Å². The highest BCUT2D eigenvalue weighted by atomic mass is 16.3. The van der Waals surface area contributed by atoms with E-state index < -0.39 is 6.10 Å². The van der Waals surface area contributed by atoms with Crippen molar-refractivity contribution in [1.29, 1.82) is 0 Å². The van der Waals surface area contributed by atoms with Crippen LogP contribution in [0.15, 0.2) is 65.7 Å². The van der Waals surface area contributed by atoms with E-state index >= 15 is 0 Å². The molecule has 0 unspecified atom stereocenters.